The fourth-order valence-corrected chi connectivity index (χ4v) is 2.88. The molecule has 1 aliphatic rings. The number of hydrogen-bond acceptors (Lipinski definition) is 4. The van der Waals surface area contributed by atoms with Crippen molar-refractivity contribution < 1.29 is 14.3 Å². The average molecular weight is 347 g/mol. The number of carbonyl (C=O) groups excluding carboxylic acids is 2. The van der Waals surface area contributed by atoms with E-state index in [9.17, 15) is 9.59 Å². The second-order valence-corrected chi connectivity index (χ2v) is 6.26. The second-order valence-electron chi connectivity index (χ2n) is 6.26. The first-order chi connectivity index (χ1) is 12.2. The molecule has 6 nitrogen and oxygen atoms in total. The third-order valence-electron chi connectivity index (χ3n) is 4.47. The molecule has 25 heavy (non-hydrogen) atoms. The van der Waals surface area contributed by atoms with Gasteiger partial charge in [-0.3, -0.25) is 9.59 Å². The number of methoxy groups -OCH3 is 1. The number of piperazine rings is 1. The van der Waals surface area contributed by atoms with Crippen LogP contribution in [0.15, 0.2) is 24.3 Å². The molecular formula is C19H29N3O3. The summed E-state index contributed by atoms with van der Waals surface area (Å²) < 4.78 is 5.14. The van der Waals surface area contributed by atoms with Crippen molar-refractivity contribution in [1.29, 1.82) is 0 Å². The summed E-state index contributed by atoms with van der Waals surface area (Å²) in [6.07, 6.45) is 2.33. The molecule has 1 heterocycles. The molecule has 0 spiro atoms. The van der Waals surface area contributed by atoms with Crippen LogP contribution in [0, 0.1) is 0 Å². The molecule has 0 bridgehead atoms. The van der Waals surface area contributed by atoms with E-state index in [2.05, 4.69) is 12.2 Å². The van der Waals surface area contributed by atoms with E-state index in [0.717, 1.165) is 44.8 Å². The number of rotatable bonds is 8. The summed E-state index contributed by atoms with van der Waals surface area (Å²) in [4.78, 5) is 28.8. The Kier molecular flexibility index (Phi) is 7.73. The number of amides is 2. The Bertz CT molecular complexity index is 554. The van der Waals surface area contributed by atoms with E-state index in [0.29, 0.717) is 25.1 Å². The Labute approximate surface area is 150 Å². The highest BCUT2D eigenvalue weighted by molar-refractivity contribution is 5.94. The van der Waals surface area contributed by atoms with Gasteiger partial charge in [0, 0.05) is 51.3 Å². The van der Waals surface area contributed by atoms with Gasteiger partial charge in [-0.2, -0.15) is 0 Å². The van der Waals surface area contributed by atoms with Crippen molar-refractivity contribution in [3.05, 3.63) is 29.8 Å². The summed E-state index contributed by atoms with van der Waals surface area (Å²) in [6, 6.07) is 7.13. The maximum absolute atomic E-state index is 12.8. The van der Waals surface area contributed by atoms with Crippen LogP contribution in [0.4, 0.5) is 0 Å². The van der Waals surface area contributed by atoms with Crippen molar-refractivity contribution in [3.63, 3.8) is 0 Å². The molecule has 0 aromatic heterocycles. The van der Waals surface area contributed by atoms with Crippen molar-refractivity contribution in [2.45, 2.75) is 26.2 Å². The monoisotopic (exact) mass is 347 g/mol. The van der Waals surface area contributed by atoms with Gasteiger partial charge in [-0.25, -0.2) is 0 Å². The summed E-state index contributed by atoms with van der Waals surface area (Å²) in [7, 11) is 1.60. The Balaban J connectivity index is 1.96. The zero-order valence-corrected chi connectivity index (χ0v) is 15.3. The molecule has 1 aromatic carbocycles. The SMILES string of the molecule is CCCCN(CCC(=O)N1CCNCC1)C(=O)c1ccc(OC)cc1. The first kappa shape index (κ1) is 19.2. The van der Waals surface area contributed by atoms with Gasteiger partial charge in [0.15, 0.2) is 0 Å². The molecule has 6 heteroatoms. The van der Waals surface area contributed by atoms with Crippen molar-refractivity contribution in [1.82, 2.24) is 15.1 Å². The Hall–Kier alpha value is -2.08. The third kappa shape index (κ3) is 5.74. The number of benzene rings is 1. The average Bonchev–Trinajstić information content (AvgIpc) is 2.68. The summed E-state index contributed by atoms with van der Waals surface area (Å²) >= 11 is 0. The predicted octanol–water partition coefficient (Wildman–Crippen LogP) is 1.76. The standard InChI is InChI=1S/C19H29N3O3/c1-3-4-12-22(13-9-18(23)21-14-10-20-11-15-21)19(24)16-5-7-17(25-2)8-6-16/h5-8,20H,3-4,9-15H2,1-2H3. The van der Waals surface area contributed by atoms with Gasteiger partial charge in [0.25, 0.3) is 5.91 Å². The number of hydrogen-bond donors (Lipinski definition) is 1. The van der Waals surface area contributed by atoms with Crippen molar-refractivity contribution in [2.75, 3.05) is 46.4 Å². The van der Waals surface area contributed by atoms with Crippen LogP contribution in [0.2, 0.25) is 0 Å². The molecule has 1 saturated heterocycles. The largest absolute Gasteiger partial charge is 0.497 e. The van der Waals surface area contributed by atoms with Gasteiger partial charge in [0.1, 0.15) is 5.75 Å². The van der Waals surface area contributed by atoms with Crippen LogP contribution < -0.4 is 10.1 Å². The lowest BCUT2D eigenvalue weighted by Gasteiger charge is -2.29. The molecule has 1 N–H and O–H groups in total. The van der Waals surface area contributed by atoms with Gasteiger partial charge in [-0.15, -0.1) is 0 Å². The Morgan fingerprint density at radius 2 is 1.84 bits per heavy atom. The molecule has 2 amide bonds. The van der Waals surface area contributed by atoms with E-state index >= 15 is 0 Å². The lowest BCUT2D eigenvalue weighted by atomic mass is 10.1. The summed E-state index contributed by atoms with van der Waals surface area (Å²) in [5, 5.41) is 3.24. The van der Waals surface area contributed by atoms with Crippen molar-refractivity contribution >= 4 is 11.8 Å². The van der Waals surface area contributed by atoms with Crippen LogP contribution in [0.1, 0.15) is 36.5 Å². The minimum Gasteiger partial charge on any atom is -0.497 e. The number of unbranched alkanes of at least 4 members (excludes halogenated alkanes) is 1. The quantitative estimate of drug-likeness (QED) is 0.778. The van der Waals surface area contributed by atoms with E-state index in [1.54, 1.807) is 36.3 Å². The summed E-state index contributed by atoms with van der Waals surface area (Å²) in [5.74, 6) is 0.834. The summed E-state index contributed by atoms with van der Waals surface area (Å²) in [5.41, 5.74) is 0.631. The Morgan fingerprint density at radius 1 is 1.16 bits per heavy atom. The van der Waals surface area contributed by atoms with Gasteiger partial charge in [-0.05, 0) is 30.7 Å². The van der Waals surface area contributed by atoms with E-state index in [1.165, 1.54) is 0 Å². The van der Waals surface area contributed by atoms with E-state index in [4.69, 9.17) is 4.74 Å². The van der Waals surface area contributed by atoms with Crippen LogP contribution >= 0.6 is 0 Å². The molecule has 0 unspecified atom stereocenters. The molecule has 1 aliphatic heterocycles. The highest BCUT2D eigenvalue weighted by Crippen LogP contribution is 2.14. The first-order valence-corrected chi connectivity index (χ1v) is 9.07. The van der Waals surface area contributed by atoms with Crippen LogP contribution in [0.5, 0.6) is 5.75 Å². The molecule has 0 atom stereocenters. The van der Waals surface area contributed by atoms with Crippen LogP contribution in [0.25, 0.3) is 0 Å². The number of ether oxygens (including phenoxy) is 1. The molecular weight excluding hydrogens is 318 g/mol. The lowest BCUT2D eigenvalue weighted by Crippen LogP contribution is -2.47. The minimum absolute atomic E-state index is 0.0239. The van der Waals surface area contributed by atoms with Gasteiger partial charge in [-0.1, -0.05) is 13.3 Å². The topological polar surface area (TPSA) is 61.9 Å². The normalized spacial score (nSPS) is 14.2. The maximum Gasteiger partial charge on any atom is 0.253 e. The second kappa shape index (κ2) is 10.0. The highest BCUT2D eigenvalue weighted by atomic mass is 16.5. The zero-order valence-electron chi connectivity index (χ0n) is 15.3. The van der Waals surface area contributed by atoms with Crippen LogP contribution in [-0.2, 0) is 4.79 Å². The van der Waals surface area contributed by atoms with Crippen LogP contribution in [-0.4, -0.2) is 68.0 Å². The third-order valence-corrected chi connectivity index (χ3v) is 4.47. The molecule has 0 aliphatic carbocycles. The van der Waals surface area contributed by atoms with E-state index in [-0.39, 0.29) is 11.8 Å². The van der Waals surface area contributed by atoms with Crippen molar-refractivity contribution in [2.24, 2.45) is 0 Å². The highest BCUT2D eigenvalue weighted by Gasteiger charge is 2.20. The fourth-order valence-electron chi connectivity index (χ4n) is 2.88. The van der Waals surface area contributed by atoms with Gasteiger partial charge in [0.05, 0.1) is 7.11 Å². The minimum atomic E-state index is -0.0239. The number of nitrogens with zero attached hydrogens (tertiary/aromatic N) is 2. The van der Waals surface area contributed by atoms with Gasteiger partial charge < -0.3 is 19.9 Å². The molecule has 138 valence electrons. The van der Waals surface area contributed by atoms with Gasteiger partial charge in [0.2, 0.25) is 5.91 Å². The fraction of sp³-hybridized carbons (Fsp3) is 0.579. The lowest BCUT2D eigenvalue weighted by molar-refractivity contribution is -0.131. The van der Waals surface area contributed by atoms with E-state index < -0.39 is 0 Å². The maximum atomic E-state index is 12.8. The van der Waals surface area contributed by atoms with Gasteiger partial charge >= 0.3 is 0 Å². The predicted molar refractivity (Wildman–Crippen MR) is 97.9 cm³/mol. The van der Waals surface area contributed by atoms with Crippen molar-refractivity contribution in [3.8, 4) is 5.75 Å². The number of nitrogens with one attached hydrogen (secondary N) is 1. The first-order valence-electron chi connectivity index (χ1n) is 9.07. The van der Waals surface area contributed by atoms with Crippen LogP contribution in [0.3, 0.4) is 0 Å². The number of carbonyl (C=O) groups is 2. The Morgan fingerprint density at radius 3 is 2.44 bits per heavy atom. The smallest absolute Gasteiger partial charge is 0.253 e. The van der Waals surface area contributed by atoms with E-state index in [1.807, 2.05) is 4.90 Å². The molecule has 1 fully saturated rings. The zero-order chi connectivity index (χ0) is 18.1. The molecule has 1 aromatic rings. The molecule has 0 saturated carbocycles. The summed E-state index contributed by atoms with van der Waals surface area (Å²) in [6.45, 7) is 6.43. The molecule has 0 radical (unpaired) electrons. The molecule has 2 rings (SSSR count).